The molecule has 0 saturated heterocycles. The molecule has 1 atom stereocenters. The number of ether oxygens (including phenoxy) is 1. The molecule has 0 aliphatic rings. The van der Waals surface area contributed by atoms with Crippen LogP contribution < -0.4 is 5.20 Å². The number of hydrogen-bond acceptors (Lipinski definition) is 4. The monoisotopic (exact) mass is 209 g/mol. The maximum atomic E-state index is 10.9. The number of carbonyl (C=O) groups excluding carboxylic acids is 1. The van der Waals surface area contributed by atoms with Gasteiger partial charge in [0, 0.05) is 12.2 Å². The van der Waals surface area contributed by atoms with Gasteiger partial charge < -0.3 is 4.74 Å². The number of hydrogen-bond donors (Lipinski definition) is 1. The standard InChI is InChI=1S/C6H14N2O4P/c1-4-11-6(9)8(3)7-13(10)12-5-2/h4-5H2,1-3H3,(H,7,10)/q+1. The highest BCUT2D eigenvalue weighted by Crippen LogP contribution is 2.15. The second kappa shape index (κ2) is 6.77. The third-order valence-electron chi connectivity index (χ3n) is 1.02. The van der Waals surface area contributed by atoms with Crippen LogP contribution >= 0.6 is 8.18 Å². The summed E-state index contributed by atoms with van der Waals surface area (Å²) in [5.41, 5.74) is 0. The van der Waals surface area contributed by atoms with Crippen molar-refractivity contribution in [3.05, 3.63) is 0 Å². The zero-order chi connectivity index (χ0) is 10.3. The molecule has 1 N–H and O–H groups in total. The molecule has 7 heteroatoms. The Kier molecular flexibility index (Phi) is 6.40. The van der Waals surface area contributed by atoms with Crippen LogP contribution in [0.15, 0.2) is 0 Å². The first-order valence-corrected chi connectivity index (χ1v) is 5.06. The third kappa shape index (κ3) is 5.52. The van der Waals surface area contributed by atoms with Crippen molar-refractivity contribution in [2.75, 3.05) is 20.3 Å². The van der Waals surface area contributed by atoms with Crippen LogP contribution in [0.1, 0.15) is 13.8 Å². The number of rotatable bonds is 5. The van der Waals surface area contributed by atoms with Gasteiger partial charge in [-0.1, -0.05) is 0 Å². The molecule has 0 rings (SSSR count). The van der Waals surface area contributed by atoms with E-state index in [1.54, 1.807) is 13.8 Å². The van der Waals surface area contributed by atoms with E-state index in [9.17, 15) is 9.36 Å². The molecule has 0 aromatic heterocycles. The summed E-state index contributed by atoms with van der Waals surface area (Å²) in [5, 5.41) is 3.30. The fourth-order valence-corrected chi connectivity index (χ4v) is 1.15. The van der Waals surface area contributed by atoms with Crippen molar-refractivity contribution in [3.8, 4) is 0 Å². The molecule has 0 aliphatic carbocycles. The highest BCUT2D eigenvalue weighted by Gasteiger charge is 2.23. The minimum absolute atomic E-state index is 0.274. The number of nitrogens with zero attached hydrogens (tertiary/aromatic N) is 1. The predicted molar refractivity (Wildman–Crippen MR) is 47.2 cm³/mol. The van der Waals surface area contributed by atoms with Gasteiger partial charge in [0.05, 0.1) is 6.61 Å². The van der Waals surface area contributed by atoms with E-state index in [2.05, 4.69) is 14.5 Å². The van der Waals surface area contributed by atoms with Crippen molar-refractivity contribution in [1.82, 2.24) is 10.2 Å². The molecule has 0 fully saturated rings. The van der Waals surface area contributed by atoms with E-state index >= 15 is 0 Å². The first-order valence-electron chi connectivity index (χ1n) is 3.88. The van der Waals surface area contributed by atoms with E-state index in [0.717, 1.165) is 5.01 Å². The summed E-state index contributed by atoms with van der Waals surface area (Å²) in [5.74, 6) is 0. The Morgan fingerprint density at radius 1 is 1.46 bits per heavy atom. The number of carbonyl (C=O) groups is 1. The minimum atomic E-state index is -2.04. The van der Waals surface area contributed by atoms with E-state index in [1.807, 2.05) is 0 Å². The Bertz CT molecular complexity index is 187. The van der Waals surface area contributed by atoms with Crippen molar-refractivity contribution in [1.29, 1.82) is 0 Å². The molecule has 0 heterocycles. The average Bonchev–Trinajstić information content (AvgIpc) is 2.05. The minimum Gasteiger partial charge on any atom is -0.449 e. The van der Waals surface area contributed by atoms with Crippen molar-refractivity contribution >= 4 is 14.3 Å². The highest BCUT2D eigenvalue weighted by atomic mass is 31.1. The van der Waals surface area contributed by atoms with Crippen LogP contribution in [0, 0.1) is 0 Å². The molecule has 0 aromatic rings. The Labute approximate surface area is 78.1 Å². The summed E-state index contributed by atoms with van der Waals surface area (Å²) < 4.78 is 20.2. The summed E-state index contributed by atoms with van der Waals surface area (Å²) in [6.45, 7) is 3.99. The Morgan fingerprint density at radius 2 is 2.08 bits per heavy atom. The van der Waals surface area contributed by atoms with Gasteiger partial charge in [0.25, 0.3) is 0 Å². The highest BCUT2D eigenvalue weighted by molar-refractivity contribution is 7.36. The average molecular weight is 209 g/mol. The molecule has 76 valence electrons. The summed E-state index contributed by atoms with van der Waals surface area (Å²) >= 11 is 0. The van der Waals surface area contributed by atoms with Gasteiger partial charge in [-0.2, -0.15) is 0 Å². The second-order valence-corrected chi connectivity index (χ2v) is 3.01. The molecule has 6 nitrogen and oxygen atoms in total. The quantitative estimate of drug-likeness (QED) is 0.545. The third-order valence-corrected chi connectivity index (χ3v) is 1.98. The van der Waals surface area contributed by atoms with Gasteiger partial charge in [-0.3, -0.25) is 0 Å². The lowest BCUT2D eigenvalue weighted by Gasteiger charge is -2.09. The molecule has 0 aliphatic heterocycles. The van der Waals surface area contributed by atoms with Gasteiger partial charge in [-0.25, -0.2) is 9.80 Å². The van der Waals surface area contributed by atoms with E-state index in [4.69, 9.17) is 0 Å². The van der Waals surface area contributed by atoms with Crippen LogP contribution in [-0.4, -0.2) is 31.4 Å². The Balaban J connectivity index is 3.78. The van der Waals surface area contributed by atoms with E-state index < -0.39 is 14.3 Å². The van der Waals surface area contributed by atoms with Crippen molar-refractivity contribution in [2.24, 2.45) is 0 Å². The zero-order valence-electron chi connectivity index (χ0n) is 7.94. The summed E-state index contributed by atoms with van der Waals surface area (Å²) in [4.78, 5) is 10.9. The van der Waals surface area contributed by atoms with E-state index in [0.29, 0.717) is 6.61 Å². The summed E-state index contributed by atoms with van der Waals surface area (Å²) in [6.07, 6.45) is -0.592. The molecule has 1 amide bonds. The van der Waals surface area contributed by atoms with Crippen LogP contribution in [0.5, 0.6) is 0 Å². The molecule has 0 saturated carbocycles. The maximum Gasteiger partial charge on any atom is 0.633 e. The predicted octanol–water partition coefficient (Wildman–Crippen LogP) is 1.27. The van der Waals surface area contributed by atoms with Crippen LogP contribution in [-0.2, 0) is 13.8 Å². The molecule has 0 bridgehead atoms. The Hall–Kier alpha value is -0.710. The molecular formula is C6H14N2O4P+. The second-order valence-electron chi connectivity index (χ2n) is 2.03. The molecule has 0 radical (unpaired) electrons. The molecule has 13 heavy (non-hydrogen) atoms. The topological polar surface area (TPSA) is 67.9 Å². The van der Waals surface area contributed by atoms with Crippen molar-refractivity contribution in [2.45, 2.75) is 13.8 Å². The van der Waals surface area contributed by atoms with Crippen LogP contribution in [0.4, 0.5) is 4.79 Å². The van der Waals surface area contributed by atoms with Gasteiger partial charge in [0.1, 0.15) is 6.61 Å². The first-order chi connectivity index (χ1) is 6.11. The zero-order valence-corrected chi connectivity index (χ0v) is 8.84. The van der Waals surface area contributed by atoms with Gasteiger partial charge in [-0.15, -0.1) is 4.52 Å². The number of amides is 1. The fourth-order valence-electron chi connectivity index (χ4n) is 0.530. The van der Waals surface area contributed by atoms with Gasteiger partial charge in [0.15, 0.2) is 0 Å². The lowest BCUT2D eigenvalue weighted by molar-refractivity contribution is 0.107. The maximum absolute atomic E-state index is 10.9. The van der Waals surface area contributed by atoms with Crippen LogP contribution in [0.3, 0.4) is 0 Å². The van der Waals surface area contributed by atoms with Gasteiger partial charge in [0.2, 0.25) is 0 Å². The molecular weight excluding hydrogens is 195 g/mol. The van der Waals surface area contributed by atoms with Gasteiger partial charge >= 0.3 is 14.3 Å². The number of nitrogens with one attached hydrogen (secondary N) is 1. The SMILES string of the molecule is CCOC(=O)N(C)N[P+](=O)OCC. The summed E-state index contributed by atoms with van der Waals surface area (Å²) in [6, 6.07) is 0. The van der Waals surface area contributed by atoms with Crippen LogP contribution in [0.2, 0.25) is 0 Å². The molecule has 1 unspecified atom stereocenters. The molecule has 0 spiro atoms. The normalized spacial score (nSPS) is 10.8. The Morgan fingerprint density at radius 3 is 2.54 bits per heavy atom. The van der Waals surface area contributed by atoms with Gasteiger partial charge in [-0.05, 0) is 18.4 Å². The van der Waals surface area contributed by atoms with E-state index in [1.165, 1.54) is 7.05 Å². The molecule has 0 aromatic carbocycles. The van der Waals surface area contributed by atoms with Crippen molar-refractivity contribution < 1.29 is 18.6 Å². The smallest absolute Gasteiger partial charge is 0.449 e. The van der Waals surface area contributed by atoms with Crippen LogP contribution in [0.25, 0.3) is 0 Å². The lowest BCUT2D eigenvalue weighted by Crippen LogP contribution is -2.35. The lowest BCUT2D eigenvalue weighted by atomic mass is 10.9. The largest absolute Gasteiger partial charge is 0.633 e. The fraction of sp³-hybridized carbons (Fsp3) is 0.833. The summed E-state index contributed by atoms with van der Waals surface area (Å²) in [7, 11) is -0.631. The van der Waals surface area contributed by atoms with E-state index in [-0.39, 0.29) is 6.61 Å². The number of hydrazine groups is 1. The van der Waals surface area contributed by atoms with Crippen molar-refractivity contribution in [3.63, 3.8) is 0 Å². The first kappa shape index (κ1) is 12.3.